The molecule has 108 valence electrons. The number of halogens is 1. The molecule has 1 fully saturated rings. The number of hydrogen-bond acceptors (Lipinski definition) is 4. The maximum atomic E-state index is 12.5. The molecule has 0 aliphatic carbocycles. The molecule has 6 heteroatoms. The van der Waals surface area contributed by atoms with Crippen LogP contribution in [0.1, 0.15) is 6.92 Å². The van der Waals surface area contributed by atoms with Crippen LogP contribution in [0.3, 0.4) is 0 Å². The van der Waals surface area contributed by atoms with E-state index in [0.29, 0.717) is 9.23 Å². The lowest BCUT2D eigenvalue weighted by atomic mass is 10.2. The van der Waals surface area contributed by atoms with Crippen molar-refractivity contribution in [3.8, 4) is 11.3 Å². The first-order valence-corrected chi connectivity index (χ1v) is 7.31. The van der Waals surface area contributed by atoms with Gasteiger partial charge < -0.3 is 9.73 Å². The van der Waals surface area contributed by atoms with Gasteiger partial charge in [0.05, 0.1) is 11.2 Å². The predicted octanol–water partition coefficient (Wildman–Crippen LogP) is 4.12. The standard InChI is InChI=1S/C10H7FO.C5H5NOS2/c11-9-5-3-8(4-6-9)10-2-1-7-12-10;1-2-3-4(7)6-5(8)9-3/h1-7H;2H,1H3,(H,6,7,8)/b;3-2+. The first kappa shape index (κ1) is 15.5. The van der Waals surface area contributed by atoms with E-state index in [1.54, 1.807) is 30.5 Å². The third-order valence-electron chi connectivity index (χ3n) is 2.55. The highest BCUT2D eigenvalue weighted by Crippen LogP contribution is 2.22. The van der Waals surface area contributed by atoms with E-state index in [1.807, 2.05) is 13.0 Å². The summed E-state index contributed by atoms with van der Waals surface area (Å²) in [6.07, 6.45) is 3.35. The van der Waals surface area contributed by atoms with Gasteiger partial charge >= 0.3 is 0 Å². The van der Waals surface area contributed by atoms with E-state index in [1.165, 1.54) is 23.9 Å². The Morgan fingerprint density at radius 1 is 1.29 bits per heavy atom. The van der Waals surface area contributed by atoms with Gasteiger partial charge in [0.25, 0.3) is 5.91 Å². The monoisotopic (exact) mass is 321 g/mol. The Balaban J connectivity index is 0.000000161. The fraction of sp³-hybridized carbons (Fsp3) is 0.0667. The second-order valence-corrected chi connectivity index (χ2v) is 5.70. The van der Waals surface area contributed by atoms with E-state index in [2.05, 4.69) is 5.32 Å². The third-order valence-corrected chi connectivity index (χ3v) is 3.83. The second-order valence-electron chi connectivity index (χ2n) is 3.98. The molecule has 0 bridgehead atoms. The summed E-state index contributed by atoms with van der Waals surface area (Å²) in [5.74, 6) is 0.452. The van der Waals surface area contributed by atoms with Crippen LogP contribution in [0.5, 0.6) is 0 Å². The average molecular weight is 321 g/mol. The van der Waals surface area contributed by atoms with Crippen LogP contribution in [0.25, 0.3) is 11.3 Å². The minimum Gasteiger partial charge on any atom is -0.464 e. The van der Waals surface area contributed by atoms with Crippen LogP contribution in [0, 0.1) is 5.82 Å². The van der Waals surface area contributed by atoms with Gasteiger partial charge in [-0.05, 0) is 43.3 Å². The Morgan fingerprint density at radius 3 is 2.43 bits per heavy atom. The first-order valence-electron chi connectivity index (χ1n) is 6.09. The minimum absolute atomic E-state index is 0.0764. The van der Waals surface area contributed by atoms with Crippen LogP contribution >= 0.6 is 24.0 Å². The van der Waals surface area contributed by atoms with E-state index >= 15 is 0 Å². The van der Waals surface area contributed by atoms with Crippen molar-refractivity contribution >= 4 is 34.2 Å². The minimum atomic E-state index is -0.231. The summed E-state index contributed by atoms with van der Waals surface area (Å²) >= 11 is 6.04. The van der Waals surface area contributed by atoms with Crippen LogP contribution in [-0.4, -0.2) is 10.2 Å². The summed E-state index contributed by atoms with van der Waals surface area (Å²) in [6.45, 7) is 1.82. The Hall–Kier alpha value is -1.92. The Kier molecular flexibility index (Phi) is 5.30. The number of thioether (sulfide) groups is 1. The molecule has 1 aliphatic heterocycles. The molecule has 0 spiro atoms. The molecule has 0 unspecified atom stereocenters. The van der Waals surface area contributed by atoms with Crippen LogP contribution in [-0.2, 0) is 4.79 Å². The molecule has 3 nitrogen and oxygen atoms in total. The number of carbonyl (C=O) groups excluding carboxylic acids is 1. The quantitative estimate of drug-likeness (QED) is 0.633. The highest BCUT2D eigenvalue weighted by atomic mass is 32.2. The van der Waals surface area contributed by atoms with E-state index in [0.717, 1.165) is 11.3 Å². The SMILES string of the molecule is C/C=C1/SC(=S)NC1=O.Fc1ccc(-c2ccco2)cc1. The van der Waals surface area contributed by atoms with Crippen molar-refractivity contribution in [2.24, 2.45) is 0 Å². The van der Waals surface area contributed by atoms with Crippen molar-refractivity contribution in [2.75, 3.05) is 0 Å². The van der Waals surface area contributed by atoms with Gasteiger partial charge in [-0.1, -0.05) is 30.1 Å². The van der Waals surface area contributed by atoms with Crippen molar-refractivity contribution in [1.29, 1.82) is 0 Å². The molecule has 0 radical (unpaired) electrons. The number of amides is 1. The normalized spacial score (nSPS) is 15.6. The van der Waals surface area contributed by atoms with Crippen molar-refractivity contribution in [2.45, 2.75) is 6.92 Å². The summed E-state index contributed by atoms with van der Waals surface area (Å²) in [5.41, 5.74) is 0.890. The molecule has 21 heavy (non-hydrogen) atoms. The molecule has 0 atom stereocenters. The van der Waals surface area contributed by atoms with Gasteiger partial charge in [-0.25, -0.2) is 4.39 Å². The molecule has 1 aromatic carbocycles. The second kappa shape index (κ2) is 7.19. The van der Waals surface area contributed by atoms with Gasteiger partial charge in [-0.3, -0.25) is 4.79 Å². The number of allylic oxidation sites excluding steroid dienone is 1. The molecule has 1 aliphatic rings. The van der Waals surface area contributed by atoms with Gasteiger partial charge in [0, 0.05) is 5.56 Å². The third kappa shape index (κ3) is 4.27. The van der Waals surface area contributed by atoms with Gasteiger partial charge in [0.2, 0.25) is 0 Å². The first-order chi connectivity index (χ1) is 10.1. The lowest BCUT2D eigenvalue weighted by molar-refractivity contribution is -0.115. The molecule has 1 N–H and O–H groups in total. The van der Waals surface area contributed by atoms with E-state index < -0.39 is 0 Å². The summed E-state index contributed by atoms with van der Waals surface area (Å²) in [7, 11) is 0. The zero-order chi connectivity index (χ0) is 15.2. The largest absolute Gasteiger partial charge is 0.464 e. The fourth-order valence-electron chi connectivity index (χ4n) is 1.57. The molecule has 1 saturated heterocycles. The Morgan fingerprint density at radius 2 is 2.00 bits per heavy atom. The molecule has 1 aromatic heterocycles. The van der Waals surface area contributed by atoms with E-state index in [-0.39, 0.29) is 11.7 Å². The Bertz CT molecular complexity index is 663. The van der Waals surface area contributed by atoms with Crippen molar-refractivity contribution in [1.82, 2.24) is 5.32 Å². The lowest BCUT2D eigenvalue weighted by Gasteiger charge is -1.94. The number of furan rings is 1. The molecule has 0 saturated carbocycles. The number of rotatable bonds is 1. The van der Waals surface area contributed by atoms with Gasteiger partial charge in [0.1, 0.15) is 15.9 Å². The molecule has 2 heterocycles. The highest BCUT2D eigenvalue weighted by Gasteiger charge is 2.20. The molecule has 3 rings (SSSR count). The molecular weight excluding hydrogens is 309 g/mol. The van der Waals surface area contributed by atoms with Gasteiger partial charge in [0.15, 0.2) is 0 Å². The van der Waals surface area contributed by atoms with E-state index in [4.69, 9.17) is 16.6 Å². The summed E-state index contributed by atoms with van der Waals surface area (Å²) < 4.78 is 18.2. The lowest BCUT2D eigenvalue weighted by Crippen LogP contribution is -2.17. The molecule has 1 amide bonds. The predicted molar refractivity (Wildman–Crippen MR) is 86.2 cm³/mol. The van der Waals surface area contributed by atoms with Gasteiger partial charge in [-0.15, -0.1) is 0 Å². The molecule has 2 aromatic rings. The zero-order valence-electron chi connectivity index (χ0n) is 11.1. The van der Waals surface area contributed by atoms with Crippen LogP contribution < -0.4 is 5.32 Å². The summed E-state index contributed by atoms with van der Waals surface area (Å²) in [6, 6.07) is 9.85. The number of benzene rings is 1. The smallest absolute Gasteiger partial charge is 0.263 e. The maximum Gasteiger partial charge on any atom is 0.263 e. The van der Waals surface area contributed by atoms with E-state index in [9.17, 15) is 9.18 Å². The summed E-state index contributed by atoms with van der Waals surface area (Å²) in [4.78, 5) is 11.4. The summed E-state index contributed by atoms with van der Waals surface area (Å²) in [5, 5.41) is 2.50. The number of carbonyl (C=O) groups is 1. The topological polar surface area (TPSA) is 42.2 Å². The number of nitrogens with one attached hydrogen (secondary N) is 1. The van der Waals surface area contributed by atoms with Crippen LogP contribution in [0.15, 0.2) is 58.1 Å². The highest BCUT2D eigenvalue weighted by molar-refractivity contribution is 8.26. The zero-order valence-corrected chi connectivity index (χ0v) is 12.8. The maximum absolute atomic E-state index is 12.5. The number of thiocarbonyl (C=S) groups is 1. The Labute approximate surface area is 131 Å². The van der Waals surface area contributed by atoms with Crippen molar-refractivity contribution < 1.29 is 13.6 Å². The van der Waals surface area contributed by atoms with Crippen molar-refractivity contribution in [3.05, 3.63) is 59.5 Å². The van der Waals surface area contributed by atoms with Crippen molar-refractivity contribution in [3.63, 3.8) is 0 Å². The average Bonchev–Trinajstić information content (AvgIpc) is 3.10. The van der Waals surface area contributed by atoms with Gasteiger partial charge in [-0.2, -0.15) is 0 Å². The fourth-order valence-corrected chi connectivity index (χ4v) is 2.54. The molecular formula is C15H12FNO2S2. The number of hydrogen-bond donors (Lipinski definition) is 1. The van der Waals surface area contributed by atoms with Crippen LogP contribution in [0.4, 0.5) is 4.39 Å². The van der Waals surface area contributed by atoms with Crippen LogP contribution in [0.2, 0.25) is 0 Å².